The van der Waals surface area contributed by atoms with E-state index in [2.05, 4.69) is 5.32 Å². The molecule has 15 heteroatoms. The molecule has 1 amide bonds. The summed E-state index contributed by atoms with van der Waals surface area (Å²) in [6.07, 6.45) is -9.75. The highest BCUT2D eigenvalue weighted by molar-refractivity contribution is 5.95. The van der Waals surface area contributed by atoms with Gasteiger partial charge >= 0.3 is 23.9 Å². The molecule has 0 aromatic heterocycles. The number of ether oxygens (including phenoxy) is 5. The number of hydrogen-bond donors (Lipinski definition) is 4. The molecule has 3 aliphatic carbocycles. The summed E-state index contributed by atoms with van der Waals surface area (Å²) in [4.78, 5) is 77.7. The molecule has 1 aliphatic heterocycles. The van der Waals surface area contributed by atoms with Crippen molar-refractivity contribution < 1.29 is 67.8 Å². The van der Waals surface area contributed by atoms with Gasteiger partial charge in [0.1, 0.15) is 23.9 Å². The number of carbonyl (C=O) groups excluding carboxylic acids is 6. The molecule has 262 valence electrons. The highest BCUT2D eigenvalue weighted by Gasteiger charge is 2.78. The Labute approximate surface area is 272 Å². The van der Waals surface area contributed by atoms with Gasteiger partial charge in [0.25, 0.3) is 0 Å². The van der Waals surface area contributed by atoms with Crippen LogP contribution in [0.3, 0.4) is 0 Å². The lowest BCUT2D eigenvalue weighted by Crippen LogP contribution is -2.82. The fourth-order valence-electron chi connectivity index (χ4n) is 8.25. The van der Waals surface area contributed by atoms with Gasteiger partial charge in [-0.3, -0.25) is 24.0 Å². The van der Waals surface area contributed by atoms with E-state index in [1.54, 1.807) is 13.8 Å². The van der Waals surface area contributed by atoms with Crippen molar-refractivity contribution in [2.24, 2.45) is 16.7 Å². The lowest BCUT2D eigenvalue weighted by atomic mass is 9.44. The number of Topliss-reactive ketones (excluding diaryl/α,β-unsaturated/α-hetero) is 1. The Morgan fingerprint density at radius 3 is 2.06 bits per heavy atom. The fraction of sp³-hybridized carbons (Fsp3) is 0.750. The molecule has 15 nitrogen and oxygen atoms in total. The summed E-state index contributed by atoms with van der Waals surface area (Å²) >= 11 is 0. The van der Waals surface area contributed by atoms with Crippen molar-refractivity contribution in [2.45, 2.75) is 129 Å². The van der Waals surface area contributed by atoms with Gasteiger partial charge < -0.3 is 44.3 Å². The summed E-state index contributed by atoms with van der Waals surface area (Å²) < 4.78 is 28.9. The molecular formula is C32H45NO14. The first kappa shape index (κ1) is 36.4. The molecular weight excluding hydrogens is 622 g/mol. The molecule has 3 fully saturated rings. The lowest BCUT2D eigenvalue weighted by molar-refractivity contribution is -0.347. The smallest absolute Gasteiger partial charge is 0.337 e. The summed E-state index contributed by atoms with van der Waals surface area (Å²) in [7, 11) is 0. The van der Waals surface area contributed by atoms with Gasteiger partial charge in [-0.1, -0.05) is 13.8 Å². The number of ketones is 1. The van der Waals surface area contributed by atoms with Crippen molar-refractivity contribution in [3.63, 3.8) is 0 Å². The maximum atomic E-state index is 14.9. The zero-order chi connectivity index (χ0) is 35.6. The molecule has 1 saturated heterocycles. The van der Waals surface area contributed by atoms with Crippen LogP contribution in [-0.2, 0) is 52.5 Å². The Kier molecular flexibility index (Phi) is 9.49. The van der Waals surface area contributed by atoms with Gasteiger partial charge in [-0.25, -0.2) is 4.79 Å². The largest absolute Gasteiger partial charge is 0.459 e. The second-order valence-electron chi connectivity index (χ2n) is 14.0. The quantitative estimate of drug-likeness (QED) is 0.157. The second kappa shape index (κ2) is 12.2. The Balaban J connectivity index is 2.02. The van der Waals surface area contributed by atoms with Crippen LogP contribution in [-0.4, -0.2) is 111 Å². The van der Waals surface area contributed by atoms with Gasteiger partial charge in [0, 0.05) is 46.0 Å². The first-order valence-corrected chi connectivity index (χ1v) is 15.5. The molecule has 0 aromatic rings. The summed E-state index contributed by atoms with van der Waals surface area (Å²) in [5, 5.41) is 37.8. The van der Waals surface area contributed by atoms with Gasteiger partial charge in [0.15, 0.2) is 23.6 Å². The van der Waals surface area contributed by atoms with Crippen LogP contribution in [0.2, 0.25) is 0 Å². The van der Waals surface area contributed by atoms with Crippen molar-refractivity contribution in [3.05, 3.63) is 11.1 Å². The molecule has 1 heterocycles. The highest BCUT2D eigenvalue weighted by atomic mass is 16.6. The van der Waals surface area contributed by atoms with E-state index in [1.165, 1.54) is 27.7 Å². The number of aliphatic hydroxyl groups excluding tert-OH is 2. The molecule has 0 aromatic carbocycles. The van der Waals surface area contributed by atoms with E-state index >= 15 is 0 Å². The zero-order valence-corrected chi connectivity index (χ0v) is 28.1. The molecule has 4 N–H and O–H groups in total. The van der Waals surface area contributed by atoms with Crippen LogP contribution in [0.15, 0.2) is 11.1 Å². The predicted molar refractivity (Wildman–Crippen MR) is 158 cm³/mol. The van der Waals surface area contributed by atoms with Gasteiger partial charge in [0.05, 0.1) is 30.1 Å². The lowest BCUT2D eigenvalue weighted by Gasteiger charge is -2.67. The number of fused-ring (bicyclic) bond motifs is 5. The topological polar surface area (TPSA) is 221 Å². The number of carbonyl (C=O) groups is 6. The first-order valence-electron chi connectivity index (χ1n) is 15.5. The number of esters is 4. The minimum atomic E-state index is -2.26. The maximum absolute atomic E-state index is 14.9. The molecule has 4 unspecified atom stereocenters. The molecule has 47 heavy (non-hydrogen) atoms. The first-order chi connectivity index (χ1) is 21.6. The summed E-state index contributed by atoms with van der Waals surface area (Å²) in [5.41, 5.74) is -7.22. The number of amides is 1. The maximum Gasteiger partial charge on any atom is 0.337 e. The minimum Gasteiger partial charge on any atom is -0.459 e. The molecule has 4 aliphatic rings. The standard InChI is InChI=1S/C32H45NO14/c1-13-19(46-28(41)23(39)14(2)33-15(3)34)11-32(42)27(45-17(5)36)25-30(9,20(38)10-21-31(25,12-43-21)47-18(6)37)26(40)24(44-16(4)35)22(13)29(32,7)8/h14,19-21,23-25,27,38-39,42H,10-12H2,1-9H3,(H,33,34)/t14-,19?,20-,21+,23?,24+,25?,27?,30+,31-,32+/m0/s1. The van der Waals surface area contributed by atoms with E-state index in [-0.39, 0.29) is 24.2 Å². The van der Waals surface area contributed by atoms with Gasteiger partial charge in [-0.2, -0.15) is 0 Å². The molecule has 11 atom stereocenters. The Bertz CT molecular complexity index is 1410. The molecule has 2 bridgehead atoms. The van der Waals surface area contributed by atoms with Gasteiger partial charge in [-0.15, -0.1) is 0 Å². The summed E-state index contributed by atoms with van der Waals surface area (Å²) in [6, 6.07) is -1.06. The van der Waals surface area contributed by atoms with E-state index in [1.807, 2.05) is 0 Å². The normalized spacial score (nSPS) is 38.5. The van der Waals surface area contributed by atoms with Crippen LogP contribution in [0, 0.1) is 16.7 Å². The van der Waals surface area contributed by atoms with Crippen LogP contribution in [0.4, 0.5) is 0 Å². The van der Waals surface area contributed by atoms with E-state index in [0.717, 1.165) is 20.8 Å². The molecule has 4 rings (SSSR count). The molecule has 0 spiro atoms. The average Bonchev–Trinajstić information content (AvgIpc) is 2.93. The number of nitrogens with one attached hydrogen (secondary N) is 1. The van der Waals surface area contributed by atoms with Crippen molar-refractivity contribution in [1.82, 2.24) is 5.32 Å². The van der Waals surface area contributed by atoms with Crippen molar-refractivity contribution in [3.8, 4) is 0 Å². The second-order valence-corrected chi connectivity index (χ2v) is 14.0. The third kappa shape index (κ3) is 5.64. The summed E-state index contributed by atoms with van der Waals surface area (Å²) in [6.45, 7) is 11.6. The monoisotopic (exact) mass is 667 g/mol. The highest BCUT2D eigenvalue weighted by Crippen LogP contribution is 2.64. The van der Waals surface area contributed by atoms with Crippen LogP contribution < -0.4 is 5.32 Å². The number of hydrogen-bond acceptors (Lipinski definition) is 14. The van der Waals surface area contributed by atoms with Crippen molar-refractivity contribution >= 4 is 35.6 Å². The van der Waals surface area contributed by atoms with Crippen LogP contribution in [0.5, 0.6) is 0 Å². The van der Waals surface area contributed by atoms with Crippen LogP contribution in [0.1, 0.15) is 75.2 Å². The van der Waals surface area contributed by atoms with E-state index < -0.39 is 113 Å². The third-order valence-corrected chi connectivity index (χ3v) is 10.6. The van der Waals surface area contributed by atoms with Crippen molar-refractivity contribution in [1.29, 1.82) is 0 Å². The molecule has 2 saturated carbocycles. The van der Waals surface area contributed by atoms with Gasteiger partial charge in [0.2, 0.25) is 5.91 Å². The average molecular weight is 668 g/mol. The number of rotatable bonds is 7. The minimum absolute atomic E-state index is 0.0335. The zero-order valence-electron chi connectivity index (χ0n) is 28.1. The SMILES string of the molecule is CC(=O)N[C@@H](C)C(O)C(=O)OC1C[C@@]2(O)C(OC(C)=O)C3[C@](C)(C(=O)[C@H](OC(C)=O)C(=C1C)C2(C)C)[C@@H](O)C[C@H]1OC[C@@]31OC(C)=O. The fourth-order valence-corrected chi connectivity index (χ4v) is 8.25. The number of aliphatic hydroxyl groups is 3. The van der Waals surface area contributed by atoms with Crippen LogP contribution >= 0.6 is 0 Å². The Morgan fingerprint density at radius 1 is 0.979 bits per heavy atom. The molecule has 0 radical (unpaired) electrons. The Morgan fingerprint density at radius 2 is 1.57 bits per heavy atom. The van der Waals surface area contributed by atoms with E-state index in [4.69, 9.17) is 23.7 Å². The van der Waals surface area contributed by atoms with E-state index in [9.17, 15) is 44.1 Å². The van der Waals surface area contributed by atoms with Gasteiger partial charge in [-0.05, 0) is 31.9 Å². The summed E-state index contributed by atoms with van der Waals surface area (Å²) in [5.74, 6) is -6.47. The third-order valence-electron chi connectivity index (χ3n) is 10.6. The predicted octanol–water partition coefficient (Wildman–Crippen LogP) is -0.205. The van der Waals surface area contributed by atoms with Crippen molar-refractivity contribution in [2.75, 3.05) is 6.61 Å². The Hall–Kier alpha value is -3.40. The van der Waals surface area contributed by atoms with Crippen LogP contribution in [0.25, 0.3) is 0 Å². The van der Waals surface area contributed by atoms with E-state index in [0.29, 0.717) is 0 Å².